The Morgan fingerprint density at radius 1 is 1.45 bits per heavy atom. The molecule has 1 aromatic carbocycles. The van der Waals surface area contributed by atoms with E-state index >= 15 is 0 Å². The molecule has 112 valence electrons. The summed E-state index contributed by atoms with van der Waals surface area (Å²) >= 11 is 3.21. The summed E-state index contributed by atoms with van der Waals surface area (Å²) < 4.78 is 19.4. The largest absolute Gasteiger partial charge is 0.378 e. The van der Waals surface area contributed by atoms with Gasteiger partial charge in [-0.25, -0.2) is 4.39 Å². The zero-order valence-corrected chi connectivity index (χ0v) is 13.2. The molecule has 0 aromatic heterocycles. The topological polar surface area (TPSA) is 47.3 Å². The summed E-state index contributed by atoms with van der Waals surface area (Å²) in [4.78, 5) is 0. The van der Waals surface area contributed by atoms with Crippen LogP contribution in [-0.4, -0.2) is 18.8 Å². The van der Waals surface area contributed by atoms with Gasteiger partial charge in [0.05, 0.1) is 10.6 Å². The van der Waals surface area contributed by atoms with Crippen molar-refractivity contribution in [3.05, 3.63) is 34.1 Å². The molecular formula is C15H22BrFN2O. The molecule has 2 rings (SSSR count). The molecule has 0 radical (unpaired) electrons. The molecular weight excluding hydrogens is 323 g/mol. The van der Waals surface area contributed by atoms with E-state index in [1.54, 1.807) is 0 Å². The fourth-order valence-electron chi connectivity index (χ4n) is 2.62. The van der Waals surface area contributed by atoms with Gasteiger partial charge in [-0.2, -0.15) is 0 Å². The minimum atomic E-state index is -0.235. The van der Waals surface area contributed by atoms with Crippen molar-refractivity contribution in [2.45, 2.75) is 50.7 Å². The van der Waals surface area contributed by atoms with E-state index in [9.17, 15) is 4.39 Å². The zero-order valence-electron chi connectivity index (χ0n) is 11.6. The van der Waals surface area contributed by atoms with E-state index in [2.05, 4.69) is 21.4 Å². The molecule has 1 saturated heterocycles. The molecule has 0 aliphatic carbocycles. The molecule has 0 bridgehead atoms. The summed E-state index contributed by atoms with van der Waals surface area (Å²) in [5, 5.41) is 0. The average Bonchev–Trinajstić information content (AvgIpc) is 2.48. The van der Waals surface area contributed by atoms with Crippen LogP contribution in [0.1, 0.15) is 37.7 Å². The molecule has 0 saturated carbocycles. The first-order chi connectivity index (χ1) is 9.69. The third-order valence-electron chi connectivity index (χ3n) is 3.81. The summed E-state index contributed by atoms with van der Waals surface area (Å²) in [6.07, 6.45) is 6.75. The predicted octanol–water partition coefficient (Wildman–Crippen LogP) is 3.31. The fraction of sp³-hybridized carbons (Fsp3) is 0.600. The van der Waals surface area contributed by atoms with Gasteiger partial charge in [-0.05, 0) is 72.2 Å². The van der Waals surface area contributed by atoms with Gasteiger partial charge in [-0.1, -0.05) is 6.07 Å². The van der Waals surface area contributed by atoms with E-state index < -0.39 is 0 Å². The molecule has 1 heterocycles. The van der Waals surface area contributed by atoms with Crippen molar-refractivity contribution in [2.75, 3.05) is 6.61 Å². The van der Waals surface area contributed by atoms with Crippen LogP contribution >= 0.6 is 15.9 Å². The first-order valence-electron chi connectivity index (χ1n) is 7.20. The van der Waals surface area contributed by atoms with Gasteiger partial charge >= 0.3 is 0 Å². The molecule has 0 amide bonds. The number of hydrogen-bond donors (Lipinski definition) is 2. The van der Waals surface area contributed by atoms with E-state index in [1.165, 1.54) is 18.9 Å². The molecule has 1 aliphatic heterocycles. The van der Waals surface area contributed by atoms with Crippen LogP contribution in [0, 0.1) is 5.82 Å². The average molecular weight is 345 g/mol. The van der Waals surface area contributed by atoms with Crippen molar-refractivity contribution in [2.24, 2.45) is 5.84 Å². The highest BCUT2D eigenvalue weighted by molar-refractivity contribution is 9.10. The van der Waals surface area contributed by atoms with Crippen LogP contribution in [-0.2, 0) is 11.2 Å². The van der Waals surface area contributed by atoms with Gasteiger partial charge in [0.15, 0.2) is 0 Å². The number of rotatable bonds is 6. The smallest absolute Gasteiger partial charge is 0.137 e. The monoisotopic (exact) mass is 344 g/mol. The van der Waals surface area contributed by atoms with Crippen molar-refractivity contribution in [3.63, 3.8) is 0 Å². The summed E-state index contributed by atoms with van der Waals surface area (Å²) in [7, 11) is 0. The van der Waals surface area contributed by atoms with Gasteiger partial charge < -0.3 is 4.74 Å². The lowest BCUT2D eigenvalue weighted by Crippen LogP contribution is -2.37. The predicted molar refractivity (Wildman–Crippen MR) is 81.7 cm³/mol. The summed E-state index contributed by atoms with van der Waals surface area (Å²) in [6.45, 7) is 0.885. The second kappa shape index (κ2) is 8.08. The maximum atomic E-state index is 13.2. The second-order valence-corrected chi connectivity index (χ2v) is 6.24. The SMILES string of the molecule is NNC(CCC1CCCCO1)Cc1ccc(F)c(Br)c1. The van der Waals surface area contributed by atoms with Gasteiger partial charge in [0.1, 0.15) is 5.82 Å². The van der Waals surface area contributed by atoms with Crippen LogP contribution in [0.4, 0.5) is 4.39 Å². The second-order valence-electron chi connectivity index (χ2n) is 5.38. The Morgan fingerprint density at radius 2 is 2.30 bits per heavy atom. The Hall–Kier alpha value is -0.490. The Balaban J connectivity index is 1.83. The van der Waals surface area contributed by atoms with Crippen molar-refractivity contribution in [1.29, 1.82) is 0 Å². The Kier molecular flexibility index (Phi) is 6.42. The van der Waals surface area contributed by atoms with Crippen LogP contribution in [0.3, 0.4) is 0 Å². The highest BCUT2D eigenvalue weighted by atomic mass is 79.9. The van der Waals surface area contributed by atoms with Crippen molar-refractivity contribution < 1.29 is 9.13 Å². The van der Waals surface area contributed by atoms with E-state index in [-0.39, 0.29) is 11.9 Å². The van der Waals surface area contributed by atoms with Gasteiger partial charge in [0, 0.05) is 12.6 Å². The standard InChI is InChI=1S/C15H22BrFN2O/c16-14-10-11(4-7-15(14)17)9-12(19-18)5-6-13-3-1-2-8-20-13/h4,7,10,12-13,19H,1-3,5-6,8-9,18H2. The van der Waals surface area contributed by atoms with Crippen molar-refractivity contribution in [1.82, 2.24) is 5.43 Å². The number of halogens is 2. The first-order valence-corrected chi connectivity index (χ1v) is 8.00. The fourth-order valence-corrected chi connectivity index (χ4v) is 3.04. The lowest BCUT2D eigenvalue weighted by Gasteiger charge is -2.24. The van der Waals surface area contributed by atoms with Crippen LogP contribution in [0.2, 0.25) is 0 Å². The number of nitrogens with one attached hydrogen (secondary N) is 1. The van der Waals surface area contributed by atoms with Crippen LogP contribution in [0.25, 0.3) is 0 Å². The molecule has 3 N–H and O–H groups in total. The molecule has 0 spiro atoms. The van der Waals surface area contributed by atoms with Gasteiger partial charge in [-0.15, -0.1) is 0 Å². The van der Waals surface area contributed by atoms with Gasteiger partial charge in [0.25, 0.3) is 0 Å². The summed E-state index contributed by atoms with van der Waals surface area (Å²) in [6, 6.07) is 5.30. The number of nitrogens with two attached hydrogens (primary N) is 1. The zero-order chi connectivity index (χ0) is 14.4. The van der Waals surface area contributed by atoms with Crippen LogP contribution < -0.4 is 11.3 Å². The van der Waals surface area contributed by atoms with Crippen molar-refractivity contribution in [3.8, 4) is 0 Å². The quantitative estimate of drug-likeness (QED) is 0.614. The minimum absolute atomic E-state index is 0.192. The van der Waals surface area contributed by atoms with Gasteiger partial charge in [-0.3, -0.25) is 11.3 Å². The number of benzene rings is 1. The molecule has 1 aromatic rings. The molecule has 1 aliphatic rings. The Bertz CT molecular complexity index is 424. The maximum Gasteiger partial charge on any atom is 0.137 e. The van der Waals surface area contributed by atoms with E-state index in [4.69, 9.17) is 10.6 Å². The van der Waals surface area contributed by atoms with E-state index in [1.807, 2.05) is 12.1 Å². The van der Waals surface area contributed by atoms with Gasteiger partial charge in [0.2, 0.25) is 0 Å². The third-order valence-corrected chi connectivity index (χ3v) is 4.42. The lowest BCUT2D eigenvalue weighted by atomic mass is 9.98. The third kappa shape index (κ3) is 4.81. The maximum absolute atomic E-state index is 13.2. The summed E-state index contributed by atoms with van der Waals surface area (Å²) in [5.41, 5.74) is 3.93. The molecule has 2 unspecified atom stereocenters. The number of hydrogen-bond acceptors (Lipinski definition) is 3. The molecule has 5 heteroatoms. The molecule has 2 atom stereocenters. The highest BCUT2D eigenvalue weighted by Crippen LogP contribution is 2.21. The summed E-state index contributed by atoms with van der Waals surface area (Å²) in [5.74, 6) is 5.39. The normalized spacial score (nSPS) is 20.9. The van der Waals surface area contributed by atoms with E-state index in [0.717, 1.165) is 37.9 Å². The van der Waals surface area contributed by atoms with Crippen LogP contribution in [0.5, 0.6) is 0 Å². The van der Waals surface area contributed by atoms with Crippen LogP contribution in [0.15, 0.2) is 22.7 Å². The Morgan fingerprint density at radius 3 is 2.95 bits per heavy atom. The molecule has 20 heavy (non-hydrogen) atoms. The first kappa shape index (κ1) is 15.9. The molecule has 3 nitrogen and oxygen atoms in total. The molecule has 1 fully saturated rings. The Labute approximate surface area is 128 Å². The highest BCUT2D eigenvalue weighted by Gasteiger charge is 2.16. The van der Waals surface area contributed by atoms with Crippen molar-refractivity contribution >= 4 is 15.9 Å². The number of ether oxygens (including phenoxy) is 1. The lowest BCUT2D eigenvalue weighted by molar-refractivity contribution is 0.00858. The minimum Gasteiger partial charge on any atom is -0.378 e. The number of hydrazine groups is 1. The van der Waals surface area contributed by atoms with E-state index in [0.29, 0.717) is 10.6 Å².